The Kier molecular flexibility index (Phi) is 2.30. The van der Waals surface area contributed by atoms with Crippen molar-refractivity contribution in [1.82, 2.24) is 10.2 Å². The molecular formula is C11H20N2S. The SMILES string of the molecule is CSC1(CN2CC[C@@H]3CNC[C@@H]32)CC1. The van der Waals surface area contributed by atoms with Gasteiger partial charge in [0.25, 0.3) is 0 Å². The van der Waals surface area contributed by atoms with Crippen LogP contribution in [0.15, 0.2) is 0 Å². The predicted molar refractivity (Wildman–Crippen MR) is 61.8 cm³/mol. The van der Waals surface area contributed by atoms with E-state index in [2.05, 4.69) is 28.2 Å². The molecular weight excluding hydrogens is 192 g/mol. The minimum absolute atomic E-state index is 0.664. The molecule has 2 aliphatic heterocycles. The van der Waals surface area contributed by atoms with Crippen molar-refractivity contribution in [3.8, 4) is 0 Å². The number of likely N-dealkylation sites (tertiary alicyclic amines) is 1. The van der Waals surface area contributed by atoms with Crippen molar-refractivity contribution in [3.05, 3.63) is 0 Å². The van der Waals surface area contributed by atoms with E-state index < -0.39 is 0 Å². The summed E-state index contributed by atoms with van der Waals surface area (Å²) in [7, 11) is 0. The third-order valence-electron chi connectivity index (χ3n) is 4.29. The zero-order valence-electron chi connectivity index (χ0n) is 8.96. The molecule has 2 heterocycles. The molecule has 3 aliphatic rings. The molecule has 0 aromatic carbocycles. The van der Waals surface area contributed by atoms with Gasteiger partial charge >= 0.3 is 0 Å². The van der Waals surface area contributed by atoms with Crippen LogP contribution in [-0.4, -0.2) is 48.1 Å². The molecule has 2 atom stereocenters. The van der Waals surface area contributed by atoms with Crippen molar-refractivity contribution in [1.29, 1.82) is 0 Å². The largest absolute Gasteiger partial charge is 0.315 e. The van der Waals surface area contributed by atoms with Crippen LogP contribution in [0.25, 0.3) is 0 Å². The van der Waals surface area contributed by atoms with Crippen LogP contribution in [0.3, 0.4) is 0 Å². The first-order valence-electron chi connectivity index (χ1n) is 5.83. The summed E-state index contributed by atoms with van der Waals surface area (Å²) in [6, 6.07) is 0.875. The molecule has 80 valence electrons. The molecule has 3 fully saturated rings. The molecule has 2 saturated heterocycles. The van der Waals surface area contributed by atoms with Crippen LogP contribution in [0, 0.1) is 5.92 Å². The van der Waals surface area contributed by atoms with Gasteiger partial charge in [0.05, 0.1) is 0 Å². The Bertz CT molecular complexity index is 227. The van der Waals surface area contributed by atoms with Crippen LogP contribution < -0.4 is 5.32 Å². The van der Waals surface area contributed by atoms with Gasteiger partial charge in [-0.05, 0) is 44.5 Å². The lowest BCUT2D eigenvalue weighted by Crippen LogP contribution is -2.39. The van der Waals surface area contributed by atoms with Gasteiger partial charge < -0.3 is 5.32 Å². The van der Waals surface area contributed by atoms with E-state index in [0.29, 0.717) is 4.75 Å². The molecule has 0 amide bonds. The van der Waals surface area contributed by atoms with Crippen LogP contribution >= 0.6 is 11.8 Å². The number of nitrogens with one attached hydrogen (secondary N) is 1. The van der Waals surface area contributed by atoms with Gasteiger partial charge in [-0.3, -0.25) is 4.90 Å². The second kappa shape index (κ2) is 3.39. The Morgan fingerprint density at radius 2 is 2.29 bits per heavy atom. The second-order valence-electron chi connectivity index (χ2n) is 5.13. The average molecular weight is 212 g/mol. The molecule has 0 aromatic heterocycles. The minimum Gasteiger partial charge on any atom is -0.315 e. The van der Waals surface area contributed by atoms with Crippen LogP contribution in [0.5, 0.6) is 0 Å². The standard InChI is InChI=1S/C11H20N2S/c1-14-11(3-4-11)8-13-5-2-9-6-12-7-10(9)13/h9-10,12H,2-8H2,1H3/t9-,10+/m1/s1. The third kappa shape index (κ3) is 1.50. The van der Waals surface area contributed by atoms with Crippen molar-refractivity contribution in [2.45, 2.75) is 30.1 Å². The molecule has 1 saturated carbocycles. The number of rotatable bonds is 3. The van der Waals surface area contributed by atoms with E-state index in [1.165, 1.54) is 45.4 Å². The number of hydrogen-bond acceptors (Lipinski definition) is 3. The van der Waals surface area contributed by atoms with Crippen LogP contribution in [0.4, 0.5) is 0 Å². The molecule has 0 unspecified atom stereocenters. The highest BCUT2D eigenvalue weighted by molar-refractivity contribution is 8.00. The van der Waals surface area contributed by atoms with Gasteiger partial charge in [0, 0.05) is 23.9 Å². The maximum atomic E-state index is 3.53. The molecule has 0 aromatic rings. The van der Waals surface area contributed by atoms with Crippen molar-refractivity contribution < 1.29 is 0 Å². The summed E-state index contributed by atoms with van der Waals surface area (Å²) >= 11 is 2.10. The zero-order chi connectivity index (χ0) is 9.60. The average Bonchev–Trinajstić information content (AvgIpc) is 2.66. The van der Waals surface area contributed by atoms with Gasteiger partial charge in [-0.15, -0.1) is 0 Å². The van der Waals surface area contributed by atoms with E-state index in [1.807, 2.05) is 0 Å². The van der Waals surface area contributed by atoms with Crippen molar-refractivity contribution in [2.24, 2.45) is 5.92 Å². The Morgan fingerprint density at radius 1 is 1.43 bits per heavy atom. The Morgan fingerprint density at radius 3 is 3.00 bits per heavy atom. The molecule has 2 nitrogen and oxygen atoms in total. The van der Waals surface area contributed by atoms with E-state index in [9.17, 15) is 0 Å². The monoisotopic (exact) mass is 212 g/mol. The summed E-state index contributed by atoms with van der Waals surface area (Å²) in [6.07, 6.45) is 6.63. The van der Waals surface area contributed by atoms with E-state index in [0.717, 1.165) is 12.0 Å². The highest BCUT2D eigenvalue weighted by Gasteiger charge is 2.47. The number of nitrogens with zero attached hydrogens (tertiary/aromatic N) is 1. The van der Waals surface area contributed by atoms with Crippen molar-refractivity contribution in [3.63, 3.8) is 0 Å². The molecule has 0 spiro atoms. The third-order valence-corrected chi connectivity index (χ3v) is 5.70. The summed E-state index contributed by atoms with van der Waals surface area (Å²) in [5.74, 6) is 0.965. The van der Waals surface area contributed by atoms with Gasteiger partial charge in [-0.25, -0.2) is 0 Å². The van der Waals surface area contributed by atoms with E-state index in [1.54, 1.807) is 0 Å². The number of fused-ring (bicyclic) bond motifs is 1. The smallest absolute Gasteiger partial charge is 0.0285 e. The Hall–Kier alpha value is 0.270. The molecule has 0 radical (unpaired) electrons. The van der Waals surface area contributed by atoms with Crippen LogP contribution in [0.1, 0.15) is 19.3 Å². The van der Waals surface area contributed by atoms with Crippen molar-refractivity contribution in [2.75, 3.05) is 32.4 Å². The van der Waals surface area contributed by atoms with Gasteiger partial charge in [0.2, 0.25) is 0 Å². The lowest BCUT2D eigenvalue weighted by molar-refractivity contribution is 0.249. The molecule has 14 heavy (non-hydrogen) atoms. The lowest BCUT2D eigenvalue weighted by Gasteiger charge is -2.27. The fourth-order valence-corrected chi connectivity index (χ4v) is 3.88. The highest BCUT2D eigenvalue weighted by atomic mass is 32.2. The maximum Gasteiger partial charge on any atom is 0.0285 e. The fraction of sp³-hybridized carbons (Fsp3) is 1.00. The maximum absolute atomic E-state index is 3.53. The first kappa shape index (κ1) is 9.49. The topological polar surface area (TPSA) is 15.3 Å². The first-order chi connectivity index (χ1) is 6.83. The first-order valence-corrected chi connectivity index (χ1v) is 7.05. The Labute approximate surface area is 90.8 Å². The molecule has 1 N–H and O–H groups in total. The summed E-state index contributed by atoms with van der Waals surface area (Å²) in [5, 5.41) is 3.53. The van der Waals surface area contributed by atoms with Gasteiger partial charge in [-0.1, -0.05) is 0 Å². The van der Waals surface area contributed by atoms with Crippen LogP contribution in [-0.2, 0) is 0 Å². The number of thioether (sulfide) groups is 1. The second-order valence-corrected chi connectivity index (χ2v) is 6.41. The Balaban J connectivity index is 1.63. The molecule has 3 heteroatoms. The molecule has 1 aliphatic carbocycles. The van der Waals surface area contributed by atoms with Gasteiger partial charge in [-0.2, -0.15) is 11.8 Å². The normalized spacial score (nSPS) is 40.1. The van der Waals surface area contributed by atoms with Crippen LogP contribution in [0.2, 0.25) is 0 Å². The lowest BCUT2D eigenvalue weighted by atomic mass is 10.1. The quantitative estimate of drug-likeness (QED) is 0.756. The summed E-state index contributed by atoms with van der Waals surface area (Å²) < 4.78 is 0.664. The van der Waals surface area contributed by atoms with Gasteiger partial charge in [0.1, 0.15) is 0 Å². The molecule has 3 rings (SSSR count). The zero-order valence-corrected chi connectivity index (χ0v) is 9.78. The summed E-state index contributed by atoms with van der Waals surface area (Å²) in [5.41, 5.74) is 0. The predicted octanol–water partition coefficient (Wildman–Crippen LogP) is 1.18. The van der Waals surface area contributed by atoms with E-state index in [-0.39, 0.29) is 0 Å². The minimum atomic E-state index is 0.664. The highest BCUT2D eigenvalue weighted by Crippen LogP contribution is 2.48. The van der Waals surface area contributed by atoms with Crippen molar-refractivity contribution >= 4 is 11.8 Å². The summed E-state index contributed by atoms with van der Waals surface area (Å²) in [6.45, 7) is 5.24. The fourth-order valence-electron chi connectivity index (χ4n) is 3.07. The van der Waals surface area contributed by atoms with Gasteiger partial charge in [0.15, 0.2) is 0 Å². The van der Waals surface area contributed by atoms with E-state index in [4.69, 9.17) is 0 Å². The molecule has 0 bridgehead atoms. The summed E-state index contributed by atoms with van der Waals surface area (Å²) in [4.78, 5) is 2.76. The van der Waals surface area contributed by atoms with E-state index >= 15 is 0 Å². The number of hydrogen-bond donors (Lipinski definition) is 1.